The molecule has 0 radical (unpaired) electrons. The van der Waals surface area contributed by atoms with Crippen LogP contribution < -0.4 is 10.1 Å². The Morgan fingerprint density at radius 3 is 2.48 bits per heavy atom. The van der Waals surface area contributed by atoms with Crippen molar-refractivity contribution < 1.29 is 40.1 Å². The summed E-state index contributed by atoms with van der Waals surface area (Å²) >= 11 is 0. The molecule has 0 spiro atoms. The van der Waals surface area contributed by atoms with Crippen molar-refractivity contribution in [2.75, 3.05) is 26.3 Å². The Balaban J connectivity index is 1.45. The zero-order chi connectivity index (χ0) is 28.3. The number of nitrogens with zero attached hydrogens (tertiary/aromatic N) is 2. The first-order chi connectivity index (χ1) is 19.1. The van der Waals surface area contributed by atoms with Gasteiger partial charge in [-0.05, 0) is 54.6 Å². The highest BCUT2D eigenvalue weighted by atomic mass is 32.2. The van der Waals surface area contributed by atoms with Crippen molar-refractivity contribution >= 4 is 38.2 Å². The van der Waals surface area contributed by atoms with Crippen LogP contribution in [0.3, 0.4) is 0 Å². The number of nitrogens with one attached hydrogen (secondary N) is 1. The fourth-order valence-electron chi connectivity index (χ4n) is 4.37. The summed E-state index contributed by atoms with van der Waals surface area (Å²) < 4.78 is 80.4. The summed E-state index contributed by atoms with van der Waals surface area (Å²) in [5.74, 6) is -0.0772. The molecule has 0 aromatic heterocycles. The number of alkyl halides is 3. The van der Waals surface area contributed by atoms with Crippen molar-refractivity contribution in [3.05, 3.63) is 71.8 Å². The molecule has 3 aromatic rings. The number of fused-ring (bicyclic) bond motifs is 1. The number of ether oxygens (including phenoxy) is 2. The number of rotatable bonds is 9. The maximum Gasteiger partial charge on any atom is 0.416 e. The third-order valence-electron chi connectivity index (χ3n) is 6.39. The highest BCUT2D eigenvalue weighted by Crippen LogP contribution is 2.31. The van der Waals surface area contributed by atoms with E-state index >= 15 is 0 Å². The molecule has 0 aliphatic carbocycles. The molecular weight excluding hydrogens is 551 g/mol. The predicted molar refractivity (Wildman–Crippen MR) is 140 cm³/mol. The number of halogens is 3. The van der Waals surface area contributed by atoms with E-state index in [0.717, 1.165) is 25.0 Å². The molecule has 1 saturated heterocycles. The topological polar surface area (TPSA) is 116 Å². The highest BCUT2D eigenvalue weighted by Gasteiger charge is 2.31. The molecule has 0 bridgehead atoms. The van der Waals surface area contributed by atoms with Gasteiger partial charge in [0.05, 0.1) is 18.2 Å². The van der Waals surface area contributed by atoms with Crippen molar-refractivity contribution in [3.63, 3.8) is 0 Å². The van der Waals surface area contributed by atoms with Gasteiger partial charge in [0, 0.05) is 24.1 Å². The normalized spacial score (nSPS) is 17.9. The van der Waals surface area contributed by atoms with Crippen molar-refractivity contribution in [3.8, 4) is 5.75 Å². The van der Waals surface area contributed by atoms with E-state index in [0.29, 0.717) is 55.0 Å². The third kappa shape index (κ3) is 5.94. The van der Waals surface area contributed by atoms with E-state index in [1.54, 1.807) is 36.4 Å². The Labute approximate surface area is 227 Å². The fraction of sp³-hybridized carbons (Fsp3) is 0.296. The molecule has 1 N–H and O–H groups in total. The van der Waals surface area contributed by atoms with Crippen LogP contribution in [-0.2, 0) is 25.3 Å². The van der Waals surface area contributed by atoms with Gasteiger partial charge < -0.3 is 14.8 Å². The van der Waals surface area contributed by atoms with Gasteiger partial charge in [-0.25, -0.2) is 0 Å². The number of amidine groups is 1. The molecule has 2 aliphatic rings. The zero-order valence-corrected chi connectivity index (χ0v) is 21.8. The van der Waals surface area contributed by atoms with E-state index < -0.39 is 38.2 Å². The molecular formula is C27H24F3N3O6S. The van der Waals surface area contributed by atoms with Crippen molar-refractivity contribution in [2.24, 2.45) is 10.1 Å². The standard InChI is InChI=1S/C27H24F3N3O6S/c28-27(29,30)17-7-9-19(10-8-17)40(35,36)39-33-24(26-31-13-14-32-26)25(34)22-11-12-23(21-6-2-1-5-20(21)22)38-16-18-4-3-15-37-18/h1-2,5-12,18H,3-4,13-16H2,(H,31,32)/b33-24-. The second-order valence-electron chi connectivity index (χ2n) is 9.08. The molecule has 2 heterocycles. The number of oxime groups is 1. The molecule has 1 fully saturated rings. The second-order valence-corrected chi connectivity index (χ2v) is 10.6. The van der Waals surface area contributed by atoms with Crippen LogP contribution in [0.1, 0.15) is 28.8 Å². The fourth-order valence-corrected chi connectivity index (χ4v) is 5.10. The molecule has 210 valence electrons. The minimum absolute atomic E-state index is 0.00553. The van der Waals surface area contributed by atoms with Gasteiger partial charge in [-0.3, -0.25) is 14.1 Å². The van der Waals surface area contributed by atoms with Gasteiger partial charge in [0.1, 0.15) is 17.3 Å². The molecule has 2 aliphatic heterocycles. The summed E-state index contributed by atoms with van der Waals surface area (Å²) in [6, 6.07) is 13.0. The minimum Gasteiger partial charge on any atom is -0.490 e. The zero-order valence-electron chi connectivity index (χ0n) is 21.0. The van der Waals surface area contributed by atoms with Crippen LogP contribution in [0.5, 0.6) is 5.75 Å². The van der Waals surface area contributed by atoms with Crippen LogP contribution in [0, 0.1) is 0 Å². The van der Waals surface area contributed by atoms with Gasteiger partial charge >= 0.3 is 16.3 Å². The molecule has 1 unspecified atom stereocenters. The summed E-state index contributed by atoms with van der Waals surface area (Å²) in [4.78, 5) is 17.3. The van der Waals surface area contributed by atoms with E-state index in [1.165, 1.54) is 0 Å². The maximum atomic E-state index is 13.7. The van der Waals surface area contributed by atoms with E-state index in [2.05, 4.69) is 15.5 Å². The quantitative estimate of drug-likeness (QED) is 0.229. The van der Waals surface area contributed by atoms with Gasteiger partial charge in [0.2, 0.25) is 5.78 Å². The number of benzene rings is 3. The molecule has 3 aromatic carbocycles. The summed E-state index contributed by atoms with van der Waals surface area (Å²) in [7, 11) is -4.65. The second kappa shape index (κ2) is 11.3. The Bertz CT molecular complexity index is 1580. The lowest BCUT2D eigenvalue weighted by atomic mass is 9.98. The number of carbonyl (C=O) groups is 1. The number of aliphatic imine (C=N–C) groups is 1. The lowest BCUT2D eigenvalue weighted by Gasteiger charge is -2.15. The predicted octanol–water partition coefficient (Wildman–Crippen LogP) is 4.36. The van der Waals surface area contributed by atoms with Crippen LogP contribution in [0.25, 0.3) is 10.8 Å². The van der Waals surface area contributed by atoms with E-state index in [9.17, 15) is 26.4 Å². The summed E-state index contributed by atoms with van der Waals surface area (Å²) in [6.07, 6.45) is -2.77. The molecule has 13 heteroatoms. The Kier molecular flexibility index (Phi) is 7.76. The van der Waals surface area contributed by atoms with Crippen LogP contribution in [-0.4, -0.2) is 58.2 Å². The molecule has 0 amide bonds. The van der Waals surface area contributed by atoms with Crippen molar-refractivity contribution in [1.29, 1.82) is 0 Å². The van der Waals surface area contributed by atoms with E-state index in [4.69, 9.17) is 13.8 Å². The SMILES string of the molecule is O=C(/C(=N/OS(=O)(=O)c1ccc(C(F)(F)F)cc1)C1=NCCN1)c1ccc(OCC2CCCO2)c2ccccc12. The molecule has 40 heavy (non-hydrogen) atoms. The lowest BCUT2D eigenvalue weighted by Crippen LogP contribution is -2.33. The molecule has 0 saturated carbocycles. The van der Waals surface area contributed by atoms with Crippen LogP contribution in [0.2, 0.25) is 0 Å². The number of Topliss-reactive ketones (excluding diaryl/α,β-unsaturated/α-hetero) is 1. The average Bonchev–Trinajstić information content (AvgIpc) is 3.66. The van der Waals surface area contributed by atoms with E-state index in [1.807, 2.05) is 0 Å². The number of hydrogen-bond acceptors (Lipinski definition) is 9. The highest BCUT2D eigenvalue weighted by molar-refractivity contribution is 7.86. The van der Waals surface area contributed by atoms with E-state index in [-0.39, 0.29) is 17.5 Å². The minimum atomic E-state index is -4.65. The van der Waals surface area contributed by atoms with Crippen molar-refractivity contribution in [1.82, 2.24) is 5.32 Å². The Morgan fingerprint density at radius 2 is 1.82 bits per heavy atom. The van der Waals surface area contributed by atoms with Gasteiger partial charge in [0.15, 0.2) is 11.5 Å². The lowest BCUT2D eigenvalue weighted by molar-refractivity contribution is -0.137. The summed E-state index contributed by atoms with van der Waals surface area (Å²) in [6.45, 7) is 1.77. The Morgan fingerprint density at radius 1 is 1.07 bits per heavy atom. The first kappa shape index (κ1) is 27.6. The molecule has 5 rings (SSSR count). The number of ketones is 1. The van der Waals surface area contributed by atoms with Gasteiger partial charge in [-0.15, -0.1) is 0 Å². The summed E-state index contributed by atoms with van der Waals surface area (Å²) in [5, 5.41) is 7.71. The van der Waals surface area contributed by atoms with Gasteiger partial charge in [0.25, 0.3) is 0 Å². The van der Waals surface area contributed by atoms with Gasteiger partial charge in [-0.2, -0.15) is 21.6 Å². The Hall–Kier alpha value is -3.97. The van der Waals surface area contributed by atoms with Crippen LogP contribution >= 0.6 is 0 Å². The maximum absolute atomic E-state index is 13.7. The third-order valence-corrected chi connectivity index (χ3v) is 7.51. The summed E-state index contributed by atoms with van der Waals surface area (Å²) in [5.41, 5.74) is -1.22. The number of hydrogen-bond donors (Lipinski definition) is 1. The smallest absolute Gasteiger partial charge is 0.416 e. The molecule has 1 atom stereocenters. The number of carbonyl (C=O) groups excluding carboxylic acids is 1. The monoisotopic (exact) mass is 575 g/mol. The van der Waals surface area contributed by atoms with Crippen molar-refractivity contribution in [2.45, 2.75) is 30.0 Å². The van der Waals surface area contributed by atoms with Crippen LogP contribution in [0.4, 0.5) is 13.2 Å². The van der Waals surface area contributed by atoms with Crippen LogP contribution in [0.15, 0.2) is 75.7 Å². The first-order valence-electron chi connectivity index (χ1n) is 12.4. The van der Waals surface area contributed by atoms with Gasteiger partial charge in [-0.1, -0.05) is 29.4 Å². The first-order valence-corrected chi connectivity index (χ1v) is 13.8. The molecule has 9 nitrogen and oxygen atoms in total. The largest absolute Gasteiger partial charge is 0.490 e. The average molecular weight is 576 g/mol.